The molecule has 2 amide bonds. The lowest BCUT2D eigenvalue weighted by Gasteiger charge is -2.33. The van der Waals surface area contributed by atoms with Crippen molar-refractivity contribution in [1.29, 1.82) is 0 Å². The van der Waals surface area contributed by atoms with Gasteiger partial charge in [-0.25, -0.2) is 4.39 Å². The van der Waals surface area contributed by atoms with Crippen LogP contribution >= 0.6 is 12.2 Å². The van der Waals surface area contributed by atoms with E-state index in [9.17, 15) is 14.0 Å². The molecule has 35 heavy (non-hydrogen) atoms. The number of nitrogens with zero attached hydrogens (tertiary/aromatic N) is 4. The number of aryl methyl sites for hydroxylation is 1. The minimum absolute atomic E-state index is 0.0345. The van der Waals surface area contributed by atoms with Crippen LogP contribution in [0.15, 0.2) is 48.5 Å². The van der Waals surface area contributed by atoms with Gasteiger partial charge < -0.3 is 20.0 Å². The van der Waals surface area contributed by atoms with Crippen molar-refractivity contribution in [2.24, 2.45) is 0 Å². The number of thiocarbonyl (C=S) groups is 1. The van der Waals surface area contributed by atoms with Crippen LogP contribution in [0.1, 0.15) is 18.4 Å². The molecule has 0 spiro atoms. The third-order valence-electron chi connectivity index (χ3n) is 6.59. The second kappa shape index (κ2) is 11.2. The number of anilines is 2. The first-order valence-electron chi connectivity index (χ1n) is 12.0. The number of carbonyl (C=O) groups excluding carboxylic acids is 2. The molecule has 2 saturated heterocycles. The van der Waals surface area contributed by atoms with Crippen LogP contribution in [0.3, 0.4) is 0 Å². The molecule has 0 bridgehead atoms. The lowest BCUT2D eigenvalue weighted by molar-refractivity contribution is -0.124. The number of hydrogen-bond donors (Lipinski definition) is 1. The van der Waals surface area contributed by atoms with Crippen LogP contribution in [0.4, 0.5) is 15.8 Å². The van der Waals surface area contributed by atoms with Gasteiger partial charge in [-0.15, -0.1) is 0 Å². The van der Waals surface area contributed by atoms with Gasteiger partial charge in [0.15, 0.2) is 5.11 Å². The molecule has 1 atom stereocenters. The Kier molecular flexibility index (Phi) is 8.10. The highest BCUT2D eigenvalue weighted by Crippen LogP contribution is 2.28. The number of benzene rings is 2. The predicted octanol–water partition coefficient (Wildman–Crippen LogP) is 3.10. The Bertz CT molecular complexity index is 1050. The fourth-order valence-electron chi connectivity index (χ4n) is 4.48. The molecule has 2 heterocycles. The molecule has 2 aromatic rings. The summed E-state index contributed by atoms with van der Waals surface area (Å²) in [5.41, 5.74) is 2.28. The summed E-state index contributed by atoms with van der Waals surface area (Å²) in [6.07, 6.45) is 0.808. The van der Waals surface area contributed by atoms with Gasteiger partial charge in [0.05, 0.1) is 12.1 Å². The third kappa shape index (κ3) is 6.22. The minimum Gasteiger partial charge on any atom is -0.336 e. The number of halogens is 1. The Labute approximate surface area is 211 Å². The van der Waals surface area contributed by atoms with Gasteiger partial charge in [0.1, 0.15) is 11.9 Å². The molecule has 0 radical (unpaired) electrons. The first kappa shape index (κ1) is 25.2. The molecule has 0 aromatic heterocycles. The number of piperazine rings is 1. The van der Waals surface area contributed by atoms with Crippen molar-refractivity contribution in [3.63, 3.8) is 0 Å². The van der Waals surface area contributed by atoms with Crippen LogP contribution in [0.5, 0.6) is 0 Å². The molecular formula is C26H32FN5O2S. The van der Waals surface area contributed by atoms with Crippen LogP contribution < -0.4 is 10.2 Å². The zero-order valence-electron chi connectivity index (χ0n) is 20.2. The Morgan fingerprint density at radius 1 is 1.03 bits per heavy atom. The van der Waals surface area contributed by atoms with Crippen molar-refractivity contribution < 1.29 is 14.0 Å². The fraction of sp³-hybridized carbons (Fsp3) is 0.423. The van der Waals surface area contributed by atoms with E-state index in [0.717, 1.165) is 44.7 Å². The highest BCUT2D eigenvalue weighted by molar-refractivity contribution is 7.80. The van der Waals surface area contributed by atoms with Gasteiger partial charge in [0.2, 0.25) is 5.91 Å². The number of hydrogen-bond acceptors (Lipinski definition) is 5. The van der Waals surface area contributed by atoms with Crippen LogP contribution in [0.25, 0.3) is 0 Å². The third-order valence-corrected chi connectivity index (χ3v) is 7.00. The summed E-state index contributed by atoms with van der Waals surface area (Å²) in [5, 5.41) is 3.19. The molecule has 1 N–H and O–H groups in total. The lowest BCUT2D eigenvalue weighted by Crippen LogP contribution is -2.45. The van der Waals surface area contributed by atoms with Crippen molar-refractivity contribution in [3.05, 3.63) is 59.9 Å². The van der Waals surface area contributed by atoms with E-state index >= 15 is 0 Å². The molecule has 4 rings (SSSR count). The van der Waals surface area contributed by atoms with Crippen molar-refractivity contribution in [2.45, 2.75) is 25.8 Å². The average Bonchev–Trinajstić information content (AvgIpc) is 3.06. The zero-order chi connectivity index (χ0) is 24.9. The monoisotopic (exact) mass is 497 g/mol. The molecule has 2 fully saturated rings. The summed E-state index contributed by atoms with van der Waals surface area (Å²) in [4.78, 5) is 34.5. The summed E-state index contributed by atoms with van der Waals surface area (Å²) >= 11 is 5.75. The number of nitrogens with one attached hydrogen (secondary N) is 1. The molecule has 0 unspecified atom stereocenters. The second-order valence-corrected chi connectivity index (χ2v) is 9.62. The van der Waals surface area contributed by atoms with Gasteiger partial charge in [-0.3, -0.25) is 14.5 Å². The smallest absolute Gasteiger partial charge is 0.256 e. The van der Waals surface area contributed by atoms with Crippen molar-refractivity contribution in [2.75, 3.05) is 56.5 Å². The summed E-state index contributed by atoms with van der Waals surface area (Å²) in [6, 6.07) is 12.5. The average molecular weight is 498 g/mol. The molecule has 186 valence electrons. The van der Waals surface area contributed by atoms with Gasteiger partial charge in [-0.2, -0.15) is 0 Å². The maximum absolute atomic E-state index is 13.5. The lowest BCUT2D eigenvalue weighted by atomic mass is 10.1. The second-order valence-electron chi connectivity index (χ2n) is 9.26. The van der Waals surface area contributed by atoms with E-state index in [0.29, 0.717) is 23.0 Å². The highest BCUT2D eigenvalue weighted by Gasteiger charge is 2.43. The van der Waals surface area contributed by atoms with E-state index in [-0.39, 0.29) is 24.1 Å². The first-order valence-corrected chi connectivity index (χ1v) is 12.4. The van der Waals surface area contributed by atoms with E-state index in [1.807, 2.05) is 36.1 Å². The summed E-state index contributed by atoms with van der Waals surface area (Å²) in [5.74, 6) is -0.889. The SMILES string of the molecule is Cc1ccc(N2C(=O)[C@@H](CC(=O)Nc3ccc(F)cc3)N(CCCN3CCN(C)CC3)C2=S)cc1. The summed E-state index contributed by atoms with van der Waals surface area (Å²) < 4.78 is 13.2. The number of rotatable bonds is 8. The van der Waals surface area contributed by atoms with E-state index in [4.69, 9.17) is 12.2 Å². The summed E-state index contributed by atoms with van der Waals surface area (Å²) in [7, 11) is 2.13. The fourth-order valence-corrected chi connectivity index (χ4v) is 4.89. The van der Waals surface area contributed by atoms with E-state index in [1.165, 1.54) is 24.3 Å². The molecule has 2 aliphatic heterocycles. The molecule has 2 aliphatic rings. The zero-order valence-corrected chi connectivity index (χ0v) is 21.1. The Morgan fingerprint density at radius 3 is 2.34 bits per heavy atom. The molecule has 0 aliphatic carbocycles. The topological polar surface area (TPSA) is 59.1 Å². The Hall–Kier alpha value is -2.88. The van der Waals surface area contributed by atoms with Gasteiger partial charge in [0.25, 0.3) is 5.91 Å². The number of likely N-dealkylation sites (N-methyl/N-ethyl adjacent to an activating group) is 1. The maximum Gasteiger partial charge on any atom is 0.256 e. The van der Waals surface area contributed by atoms with Gasteiger partial charge >= 0.3 is 0 Å². The van der Waals surface area contributed by atoms with Gasteiger partial charge in [-0.1, -0.05) is 17.7 Å². The van der Waals surface area contributed by atoms with Crippen molar-refractivity contribution >= 4 is 40.5 Å². The highest BCUT2D eigenvalue weighted by atomic mass is 32.1. The predicted molar refractivity (Wildman–Crippen MR) is 140 cm³/mol. The molecule has 0 saturated carbocycles. The molecule has 2 aromatic carbocycles. The number of carbonyl (C=O) groups is 2. The van der Waals surface area contributed by atoms with Gasteiger partial charge in [-0.05, 0) is 75.6 Å². The standard InChI is InChI=1S/C26H32FN5O2S/c1-19-4-10-22(11-5-19)32-25(34)23(18-24(33)28-21-8-6-20(27)7-9-21)31(26(32)35)13-3-12-30-16-14-29(2)15-17-30/h4-11,23H,3,12-18H2,1-2H3,(H,28,33)/t23-/m1/s1. The van der Waals surface area contributed by atoms with E-state index in [2.05, 4.69) is 22.2 Å². The minimum atomic E-state index is -0.684. The molecular weight excluding hydrogens is 465 g/mol. The van der Waals surface area contributed by atoms with Crippen LogP contribution in [0, 0.1) is 12.7 Å². The number of amides is 2. The van der Waals surface area contributed by atoms with Crippen LogP contribution in [-0.4, -0.2) is 84.0 Å². The Morgan fingerprint density at radius 2 is 1.69 bits per heavy atom. The van der Waals surface area contributed by atoms with Gasteiger partial charge in [0, 0.05) is 38.4 Å². The molecule has 7 nitrogen and oxygen atoms in total. The van der Waals surface area contributed by atoms with E-state index < -0.39 is 6.04 Å². The van der Waals surface area contributed by atoms with Crippen molar-refractivity contribution in [1.82, 2.24) is 14.7 Å². The van der Waals surface area contributed by atoms with Crippen molar-refractivity contribution in [3.8, 4) is 0 Å². The normalized spacial score (nSPS) is 19.5. The van der Waals surface area contributed by atoms with Crippen LogP contribution in [-0.2, 0) is 9.59 Å². The quantitative estimate of drug-likeness (QED) is 0.566. The van der Waals surface area contributed by atoms with Crippen LogP contribution in [0.2, 0.25) is 0 Å². The van der Waals surface area contributed by atoms with E-state index in [1.54, 1.807) is 4.90 Å². The maximum atomic E-state index is 13.5. The first-order chi connectivity index (χ1) is 16.8. The largest absolute Gasteiger partial charge is 0.336 e. The molecule has 9 heteroatoms. The Balaban J connectivity index is 1.46. The summed E-state index contributed by atoms with van der Waals surface area (Å²) in [6.45, 7) is 7.65.